The van der Waals surface area contributed by atoms with Crippen molar-refractivity contribution in [2.75, 3.05) is 40.3 Å². The van der Waals surface area contributed by atoms with Crippen LogP contribution in [-0.4, -0.2) is 76.5 Å². The zero-order chi connectivity index (χ0) is 17.1. The zero-order valence-electron chi connectivity index (χ0n) is 15.3. The fourth-order valence-electron chi connectivity index (χ4n) is 4.05. The summed E-state index contributed by atoms with van der Waals surface area (Å²) in [4.78, 5) is 24.0. The Morgan fingerprint density at radius 3 is 2.67 bits per heavy atom. The van der Waals surface area contributed by atoms with Gasteiger partial charge in [-0.2, -0.15) is 0 Å². The average Bonchev–Trinajstić information content (AvgIpc) is 3.00. The number of carbonyl (C=O) groups is 1. The van der Waals surface area contributed by atoms with E-state index in [1.165, 1.54) is 25.9 Å². The number of aromatic nitrogens is 2. The first-order valence-electron chi connectivity index (χ1n) is 9.18. The summed E-state index contributed by atoms with van der Waals surface area (Å²) in [7, 11) is 6.08. The highest BCUT2D eigenvalue weighted by Crippen LogP contribution is 2.24. The minimum absolute atomic E-state index is 0.142. The van der Waals surface area contributed by atoms with Crippen LogP contribution in [0.1, 0.15) is 31.5 Å². The van der Waals surface area contributed by atoms with Gasteiger partial charge in [0.15, 0.2) is 0 Å². The second kappa shape index (κ2) is 7.66. The summed E-state index contributed by atoms with van der Waals surface area (Å²) in [5.74, 6) is 1.35. The molecule has 3 rings (SSSR count). The summed E-state index contributed by atoms with van der Waals surface area (Å²) < 4.78 is 1.98. The molecule has 0 aromatic carbocycles. The molecule has 0 unspecified atom stereocenters. The average molecular weight is 333 g/mol. The Bertz CT molecular complexity index is 549. The maximum absolute atomic E-state index is 12.9. The van der Waals surface area contributed by atoms with E-state index in [0.717, 1.165) is 31.8 Å². The number of hydrogen-bond donors (Lipinski definition) is 0. The van der Waals surface area contributed by atoms with Crippen molar-refractivity contribution in [2.24, 2.45) is 13.0 Å². The second-order valence-electron chi connectivity index (χ2n) is 7.52. The molecule has 3 heterocycles. The zero-order valence-corrected chi connectivity index (χ0v) is 15.3. The largest absolute Gasteiger partial charge is 0.338 e. The van der Waals surface area contributed by atoms with E-state index in [0.29, 0.717) is 12.6 Å². The van der Waals surface area contributed by atoms with Crippen LogP contribution in [0.3, 0.4) is 0 Å². The molecule has 1 amide bonds. The highest BCUT2D eigenvalue weighted by molar-refractivity contribution is 5.78. The lowest BCUT2D eigenvalue weighted by Crippen LogP contribution is -2.50. The molecule has 24 heavy (non-hydrogen) atoms. The molecule has 0 bridgehead atoms. The molecule has 1 aromatic heterocycles. The van der Waals surface area contributed by atoms with Crippen molar-refractivity contribution in [1.29, 1.82) is 0 Å². The van der Waals surface area contributed by atoms with Gasteiger partial charge in [-0.3, -0.25) is 9.69 Å². The van der Waals surface area contributed by atoms with E-state index in [9.17, 15) is 4.79 Å². The highest BCUT2D eigenvalue weighted by atomic mass is 16.2. The predicted molar refractivity (Wildman–Crippen MR) is 94.5 cm³/mol. The third kappa shape index (κ3) is 3.98. The van der Waals surface area contributed by atoms with Crippen molar-refractivity contribution >= 4 is 5.91 Å². The van der Waals surface area contributed by atoms with Gasteiger partial charge in [0, 0.05) is 39.1 Å². The van der Waals surface area contributed by atoms with Gasteiger partial charge in [0.25, 0.3) is 0 Å². The van der Waals surface area contributed by atoms with E-state index in [1.54, 1.807) is 6.20 Å². The van der Waals surface area contributed by atoms with E-state index in [4.69, 9.17) is 0 Å². The van der Waals surface area contributed by atoms with Crippen molar-refractivity contribution in [3.8, 4) is 0 Å². The van der Waals surface area contributed by atoms with Crippen LogP contribution in [0.4, 0.5) is 0 Å². The minimum atomic E-state index is 0.142. The van der Waals surface area contributed by atoms with Crippen molar-refractivity contribution in [2.45, 2.75) is 38.3 Å². The van der Waals surface area contributed by atoms with Crippen LogP contribution < -0.4 is 0 Å². The second-order valence-corrected chi connectivity index (χ2v) is 7.52. The molecule has 0 N–H and O–H groups in total. The van der Waals surface area contributed by atoms with Crippen LogP contribution >= 0.6 is 0 Å². The van der Waals surface area contributed by atoms with Crippen molar-refractivity contribution in [1.82, 2.24) is 24.3 Å². The van der Waals surface area contributed by atoms with E-state index < -0.39 is 0 Å². The third-order valence-corrected chi connectivity index (χ3v) is 5.68. The maximum atomic E-state index is 12.9. The Labute approximate surface area is 145 Å². The van der Waals surface area contributed by atoms with Crippen LogP contribution in [0.2, 0.25) is 0 Å². The summed E-state index contributed by atoms with van der Waals surface area (Å²) in [6.45, 7) is 5.03. The molecule has 0 saturated carbocycles. The summed E-state index contributed by atoms with van der Waals surface area (Å²) in [6, 6.07) is 0.664. The number of aryl methyl sites for hydroxylation is 1. The van der Waals surface area contributed by atoms with Crippen molar-refractivity contribution in [3.63, 3.8) is 0 Å². The van der Waals surface area contributed by atoms with Gasteiger partial charge in [-0.05, 0) is 52.4 Å². The van der Waals surface area contributed by atoms with Gasteiger partial charge in [-0.1, -0.05) is 0 Å². The smallest absolute Gasteiger partial charge is 0.227 e. The Morgan fingerprint density at radius 1 is 1.25 bits per heavy atom. The molecule has 2 fully saturated rings. The summed E-state index contributed by atoms with van der Waals surface area (Å²) in [6.07, 6.45) is 8.35. The Kier molecular flexibility index (Phi) is 5.56. The normalized spacial score (nSPS) is 24.2. The molecule has 134 valence electrons. The van der Waals surface area contributed by atoms with E-state index in [-0.39, 0.29) is 11.8 Å². The molecule has 2 aliphatic heterocycles. The number of carbonyl (C=O) groups excluding carboxylic acids is 1. The topological polar surface area (TPSA) is 44.6 Å². The van der Waals surface area contributed by atoms with Gasteiger partial charge in [-0.25, -0.2) is 4.98 Å². The molecule has 1 aromatic rings. The standard InChI is InChI=1S/C18H31N5O/c1-20-10-6-16(7-11-20)23-9-4-5-15(13-23)18(24)22(3)14-17-19-8-12-21(17)2/h8,12,15-16H,4-7,9-11,13-14H2,1-3H3/t15-/m1/s1. The molecule has 1 atom stereocenters. The van der Waals surface area contributed by atoms with E-state index in [1.807, 2.05) is 29.8 Å². The van der Waals surface area contributed by atoms with Gasteiger partial charge in [0.05, 0.1) is 12.5 Å². The fourth-order valence-corrected chi connectivity index (χ4v) is 4.05. The molecule has 0 aliphatic carbocycles. The van der Waals surface area contributed by atoms with Gasteiger partial charge in [0.2, 0.25) is 5.91 Å². The van der Waals surface area contributed by atoms with Crippen LogP contribution in [0.5, 0.6) is 0 Å². The monoisotopic (exact) mass is 333 g/mol. The first-order chi connectivity index (χ1) is 11.5. The Morgan fingerprint density at radius 2 is 2.00 bits per heavy atom. The predicted octanol–water partition coefficient (Wildman–Crippen LogP) is 1.18. The summed E-state index contributed by atoms with van der Waals surface area (Å²) in [5.41, 5.74) is 0. The molecular weight excluding hydrogens is 302 g/mol. The summed E-state index contributed by atoms with van der Waals surface area (Å²) >= 11 is 0. The molecule has 0 radical (unpaired) electrons. The van der Waals surface area contributed by atoms with E-state index in [2.05, 4.69) is 21.8 Å². The van der Waals surface area contributed by atoms with Crippen molar-refractivity contribution in [3.05, 3.63) is 18.2 Å². The van der Waals surface area contributed by atoms with Gasteiger partial charge in [0.1, 0.15) is 5.82 Å². The van der Waals surface area contributed by atoms with Crippen LogP contribution in [0, 0.1) is 5.92 Å². The number of likely N-dealkylation sites (tertiary alicyclic amines) is 2. The molecule has 0 spiro atoms. The first kappa shape index (κ1) is 17.4. The SMILES string of the molecule is CN1CCC(N2CCC[C@@H](C(=O)N(C)Cc3nccn3C)C2)CC1. The molecule has 2 saturated heterocycles. The van der Waals surface area contributed by atoms with E-state index >= 15 is 0 Å². The lowest BCUT2D eigenvalue weighted by Gasteiger charge is -2.41. The Balaban J connectivity index is 1.55. The molecule has 6 heteroatoms. The first-order valence-corrected chi connectivity index (χ1v) is 9.18. The lowest BCUT2D eigenvalue weighted by atomic mass is 9.93. The van der Waals surface area contributed by atoms with Crippen LogP contribution in [0.15, 0.2) is 12.4 Å². The Hall–Kier alpha value is -1.40. The van der Waals surface area contributed by atoms with Crippen LogP contribution in [-0.2, 0) is 18.4 Å². The highest BCUT2D eigenvalue weighted by Gasteiger charge is 2.32. The molecule has 6 nitrogen and oxygen atoms in total. The number of piperidine rings is 2. The number of imidazole rings is 1. The maximum Gasteiger partial charge on any atom is 0.227 e. The molecular formula is C18H31N5O. The van der Waals surface area contributed by atoms with Crippen molar-refractivity contribution < 1.29 is 4.79 Å². The molecule has 2 aliphatic rings. The van der Waals surface area contributed by atoms with Gasteiger partial charge >= 0.3 is 0 Å². The fraction of sp³-hybridized carbons (Fsp3) is 0.778. The third-order valence-electron chi connectivity index (χ3n) is 5.68. The number of hydrogen-bond acceptors (Lipinski definition) is 4. The lowest BCUT2D eigenvalue weighted by molar-refractivity contribution is -0.137. The quantitative estimate of drug-likeness (QED) is 0.830. The summed E-state index contributed by atoms with van der Waals surface area (Å²) in [5, 5.41) is 0. The number of nitrogens with zero attached hydrogens (tertiary/aromatic N) is 5. The van der Waals surface area contributed by atoms with Gasteiger partial charge < -0.3 is 14.4 Å². The van der Waals surface area contributed by atoms with Crippen LogP contribution in [0.25, 0.3) is 0 Å². The minimum Gasteiger partial charge on any atom is -0.338 e. The number of rotatable bonds is 4. The number of amides is 1. The van der Waals surface area contributed by atoms with Gasteiger partial charge in [-0.15, -0.1) is 0 Å².